The lowest BCUT2D eigenvalue weighted by Gasteiger charge is -2.04. The van der Waals surface area contributed by atoms with E-state index in [4.69, 9.17) is 4.74 Å². The van der Waals surface area contributed by atoms with Gasteiger partial charge in [0.2, 0.25) is 0 Å². The number of benzene rings is 1. The first-order valence-corrected chi connectivity index (χ1v) is 4.44. The zero-order valence-electron chi connectivity index (χ0n) is 7.33. The van der Waals surface area contributed by atoms with Crippen molar-refractivity contribution in [3.05, 3.63) is 28.2 Å². The van der Waals surface area contributed by atoms with Crippen molar-refractivity contribution < 1.29 is 14.3 Å². The lowest BCUT2D eigenvalue weighted by atomic mass is 10.2. The van der Waals surface area contributed by atoms with Crippen molar-refractivity contribution in [3.63, 3.8) is 0 Å². The minimum absolute atomic E-state index is 0.456. The van der Waals surface area contributed by atoms with Crippen LogP contribution in [0.4, 0.5) is 4.79 Å². The Morgan fingerprint density at radius 2 is 2.15 bits per heavy atom. The van der Waals surface area contributed by atoms with Gasteiger partial charge < -0.3 is 9.47 Å². The van der Waals surface area contributed by atoms with Crippen LogP contribution in [0.15, 0.2) is 22.7 Å². The summed E-state index contributed by atoms with van der Waals surface area (Å²) in [5.74, 6) is 0.456. The molecule has 1 rings (SSSR count). The van der Waals surface area contributed by atoms with Gasteiger partial charge in [-0.15, -0.1) is 0 Å². The molecule has 0 radical (unpaired) electrons. The standard InChI is InChI=1S/C9H9BrO3/c1-6-3-4-8(7(10)5-6)13-9(11)12-2/h3-5H,1-2H3. The Bertz CT molecular complexity index is 323. The van der Waals surface area contributed by atoms with Crippen LogP contribution in [0, 0.1) is 6.92 Å². The van der Waals surface area contributed by atoms with Crippen molar-refractivity contribution in [2.24, 2.45) is 0 Å². The maximum atomic E-state index is 10.8. The molecule has 0 heterocycles. The van der Waals surface area contributed by atoms with E-state index in [9.17, 15) is 4.79 Å². The summed E-state index contributed by atoms with van der Waals surface area (Å²) in [6.45, 7) is 1.95. The highest BCUT2D eigenvalue weighted by atomic mass is 79.9. The van der Waals surface area contributed by atoms with Gasteiger partial charge in [0.25, 0.3) is 0 Å². The molecule has 0 atom stereocenters. The van der Waals surface area contributed by atoms with Crippen molar-refractivity contribution >= 4 is 22.1 Å². The zero-order chi connectivity index (χ0) is 9.84. The van der Waals surface area contributed by atoms with Gasteiger partial charge in [0.15, 0.2) is 0 Å². The van der Waals surface area contributed by atoms with E-state index in [1.807, 2.05) is 19.1 Å². The number of carbonyl (C=O) groups is 1. The molecule has 1 aromatic rings. The zero-order valence-corrected chi connectivity index (χ0v) is 8.92. The number of halogens is 1. The van der Waals surface area contributed by atoms with Gasteiger partial charge in [0, 0.05) is 0 Å². The minimum atomic E-state index is -0.718. The van der Waals surface area contributed by atoms with Gasteiger partial charge in [-0.05, 0) is 40.5 Å². The van der Waals surface area contributed by atoms with Crippen molar-refractivity contribution in [3.8, 4) is 5.75 Å². The lowest BCUT2D eigenvalue weighted by Crippen LogP contribution is -2.07. The van der Waals surface area contributed by atoms with Crippen LogP contribution in [-0.4, -0.2) is 13.3 Å². The number of methoxy groups -OCH3 is 1. The molecule has 13 heavy (non-hydrogen) atoms. The molecule has 3 nitrogen and oxygen atoms in total. The maximum absolute atomic E-state index is 10.8. The van der Waals surface area contributed by atoms with Crippen LogP contribution in [0.1, 0.15) is 5.56 Å². The quantitative estimate of drug-likeness (QED) is 0.563. The molecule has 0 saturated heterocycles. The Kier molecular flexibility index (Phi) is 3.31. The van der Waals surface area contributed by atoms with Gasteiger partial charge in [-0.2, -0.15) is 0 Å². The Hall–Kier alpha value is -1.03. The van der Waals surface area contributed by atoms with E-state index in [0.29, 0.717) is 5.75 Å². The van der Waals surface area contributed by atoms with Crippen molar-refractivity contribution in [1.29, 1.82) is 0 Å². The van der Waals surface area contributed by atoms with E-state index in [1.54, 1.807) is 6.07 Å². The number of aryl methyl sites for hydroxylation is 1. The smallest absolute Gasteiger partial charge is 0.437 e. The predicted molar refractivity (Wildman–Crippen MR) is 51.9 cm³/mol. The molecule has 4 heteroatoms. The predicted octanol–water partition coefficient (Wildman–Crippen LogP) is 2.90. The van der Waals surface area contributed by atoms with Crippen molar-refractivity contribution in [2.45, 2.75) is 6.92 Å². The number of hydrogen-bond donors (Lipinski definition) is 0. The molecular formula is C9H9BrO3. The Labute approximate surface area is 84.8 Å². The maximum Gasteiger partial charge on any atom is 0.513 e. The molecule has 0 bridgehead atoms. The second-order valence-electron chi connectivity index (χ2n) is 2.49. The molecule has 1 aromatic carbocycles. The van der Waals surface area contributed by atoms with Crippen molar-refractivity contribution in [2.75, 3.05) is 7.11 Å². The SMILES string of the molecule is COC(=O)Oc1ccc(C)cc1Br. The highest BCUT2D eigenvalue weighted by Crippen LogP contribution is 2.25. The Morgan fingerprint density at radius 3 is 2.69 bits per heavy atom. The normalized spacial score (nSPS) is 9.46. The van der Waals surface area contributed by atoms with E-state index < -0.39 is 6.16 Å². The fourth-order valence-electron chi connectivity index (χ4n) is 0.820. The lowest BCUT2D eigenvalue weighted by molar-refractivity contribution is 0.121. The van der Waals surface area contributed by atoms with Gasteiger partial charge >= 0.3 is 6.16 Å². The molecule has 0 saturated carbocycles. The average molecular weight is 245 g/mol. The molecule has 0 unspecified atom stereocenters. The molecule has 0 spiro atoms. The first-order valence-electron chi connectivity index (χ1n) is 3.65. The number of hydrogen-bond acceptors (Lipinski definition) is 3. The second kappa shape index (κ2) is 4.28. The van der Waals surface area contributed by atoms with Crippen LogP contribution in [0.2, 0.25) is 0 Å². The van der Waals surface area contributed by atoms with Crippen LogP contribution in [0.5, 0.6) is 5.75 Å². The monoisotopic (exact) mass is 244 g/mol. The van der Waals surface area contributed by atoms with Crippen LogP contribution in [0.25, 0.3) is 0 Å². The molecular weight excluding hydrogens is 236 g/mol. The Morgan fingerprint density at radius 1 is 1.46 bits per heavy atom. The molecule has 0 fully saturated rings. The van der Waals surface area contributed by atoms with Crippen LogP contribution >= 0.6 is 15.9 Å². The third kappa shape index (κ3) is 2.73. The molecule has 0 aromatic heterocycles. The summed E-state index contributed by atoms with van der Waals surface area (Å²) in [6.07, 6.45) is -0.718. The average Bonchev–Trinajstić information content (AvgIpc) is 2.09. The summed E-state index contributed by atoms with van der Waals surface area (Å²) in [5, 5.41) is 0. The fourth-order valence-corrected chi connectivity index (χ4v) is 1.39. The van der Waals surface area contributed by atoms with Gasteiger partial charge in [0.05, 0.1) is 11.6 Å². The van der Waals surface area contributed by atoms with Crippen molar-refractivity contribution in [1.82, 2.24) is 0 Å². The number of carbonyl (C=O) groups excluding carboxylic acids is 1. The van der Waals surface area contributed by atoms with Crippen LogP contribution in [0.3, 0.4) is 0 Å². The molecule has 0 aliphatic heterocycles. The summed E-state index contributed by atoms with van der Waals surface area (Å²) < 4.78 is 9.93. The molecule has 0 aliphatic carbocycles. The van der Waals surface area contributed by atoms with E-state index in [1.165, 1.54) is 7.11 Å². The minimum Gasteiger partial charge on any atom is -0.437 e. The summed E-state index contributed by atoms with van der Waals surface area (Å²) in [7, 11) is 1.27. The molecule has 0 amide bonds. The second-order valence-corrected chi connectivity index (χ2v) is 3.34. The fraction of sp³-hybridized carbons (Fsp3) is 0.222. The van der Waals surface area contributed by atoms with E-state index >= 15 is 0 Å². The van der Waals surface area contributed by atoms with E-state index in [-0.39, 0.29) is 0 Å². The molecule has 70 valence electrons. The highest BCUT2D eigenvalue weighted by Gasteiger charge is 2.06. The van der Waals surface area contributed by atoms with Gasteiger partial charge in [-0.1, -0.05) is 6.07 Å². The topological polar surface area (TPSA) is 35.5 Å². The van der Waals surface area contributed by atoms with Gasteiger partial charge in [-0.25, -0.2) is 4.79 Å². The van der Waals surface area contributed by atoms with Crippen LogP contribution in [-0.2, 0) is 4.74 Å². The van der Waals surface area contributed by atoms with E-state index in [2.05, 4.69) is 20.7 Å². The first-order chi connectivity index (χ1) is 6.13. The summed E-state index contributed by atoms with van der Waals surface area (Å²) >= 11 is 3.27. The van der Waals surface area contributed by atoms with Gasteiger partial charge in [0.1, 0.15) is 5.75 Å². The third-order valence-corrected chi connectivity index (χ3v) is 2.07. The van der Waals surface area contributed by atoms with Crippen LogP contribution < -0.4 is 4.74 Å². The molecule has 0 aliphatic rings. The largest absolute Gasteiger partial charge is 0.513 e. The summed E-state index contributed by atoms with van der Waals surface area (Å²) in [5.41, 5.74) is 1.09. The number of rotatable bonds is 1. The summed E-state index contributed by atoms with van der Waals surface area (Å²) in [4.78, 5) is 10.8. The Balaban J connectivity index is 2.83. The molecule has 0 N–H and O–H groups in total. The highest BCUT2D eigenvalue weighted by molar-refractivity contribution is 9.10. The number of ether oxygens (including phenoxy) is 2. The first kappa shape index (κ1) is 10.1. The van der Waals surface area contributed by atoms with E-state index in [0.717, 1.165) is 10.0 Å². The summed E-state index contributed by atoms with van der Waals surface area (Å²) in [6, 6.07) is 5.41. The van der Waals surface area contributed by atoms with Gasteiger partial charge in [-0.3, -0.25) is 0 Å². The third-order valence-electron chi connectivity index (χ3n) is 1.45.